The Kier molecular flexibility index (Phi) is 7.61. The molecule has 0 spiro atoms. The van der Waals surface area contributed by atoms with Crippen molar-refractivity contribution in [1.82, 2.24) is 4.90 Å². The van der Waals surface area contributed by atoms with Gasteiger partial charge in [0.1, 0.15) is 0 Å². The molecule has 0 aliphatic rings. The number of carbonyl (C=O) groups excluding carboxylic acids is 1. The number of carbonyl (C=O) groups is 1. The number of unbranched alkanes of at least 4 members (excludes halogenated alkanes) is 2. The molecule has 118 valence electrons. The Morgan fingerprint density at radius 3 is 2.67 bits per heavy atom. The predicted octanol–water partition coefficient (Wildman–Crippen LogP) is 2.00. The first-order chi connectivity index (χ1) is 10.1. The van der Waals surface area contributed by atoms with Crippen LogP contribution >= 0.6 is 0 Å². The Labute approximate surface area is 126 Å². The fourth-order valence-electron chi connectivity index (χ4n) is 1.91. The summed E-state index contributed by atoms with van der Waals surface area (Å²) < 4.78 is 10.8. The standard InChI is InChI=1S/C16H25NO4/c1-13-7-8-14(15(11-13)20-3)21-12-16(19)17(2)9-5-4-6-10-18/h7-8,11,18H,4-6,9-10,12H2,1-3H3. The molecule has 1 rings (SSSR count). The number of methoxy groups -OCH3 is 1. The summed E-state index contributed by atoms with van der Waals surface area (Å²) >= 11 is 0. The minimum absolute atomic E-state index is 0.00405. The molecule has 0 aromatic heterocycles. The SMILES string of the molecule is COc1cc(C)ccc1OCC(=O)N(C)CCCCCO. The van der Waals surface area contributed by atoms with Gasteiger partial charge in [-0.2, -0.15) is 0 Å². The first-order valence-electron chi connectivity index (χ1n) is 7.20. The number of nitrogens with zero attached hydrogens (tertiary/aromatic N) is 1. The lowest BCUT2D eigenvalue weighted by Crippen LogP contribution is -2.32. The molecule has 5 heteroatoms. The fraction of sp³-hybridized carbons (Fsp3) is 0.562. The van der Waals surface area contributed by atoms with Crippen molar-refractivity contribution < 1.29 is 19.4 Å². The van der Waals surface area contributed by atoms with Crippen molar-refractivity contribution >= 4 is 5.91 Å². The molecule has 1 N–H and O–H groups in total. The summed E-state index contributed by atoms with van der Waals surface area (Å²) in [5.41, 5.74) is 1.08. The van der Waals surface area contributed by atoms with Gasteiger partial charge in [-0.25, -0.2) is 0 Å². The highest BCUT2D eigenvalue weighted by molar-refractivity contribution is 5.77. The van der Waals surface area contributed by atoms with E-state index >= 15 is 0 Å². The van der Waals surface area contributed by atoms with Gasteiger partial charge < -0.3 is 19.5 Å². The average molecular weight is 295 g/mol. The van der Waals surface area contributed by atoms with Crippen molar-refractivity contribution in [2.45, 2.75) is 26.2 Å². The van der Waals surface area contributed by atoms with Crippen LogP contribution in [0.3, 0.4) is 0 Å². The number of aliphatic hydroxyl groups is 1. The number of hydrogen-bond acceptors (Lipinski definition) is 4. The molecule has 0 bridgehead atoms. The van der Waals surface area contributed by atoms with Crippen LogP contribution in [-0.2, 0) is 4.79 Å². The lowest BCUT2D eigenvalue weighted by molar-refractivity contribution is -0.132. The minimum atomic E-state index is -0.0679. The lowest BCUT2D eigenvalue weighted by atomic mass is 10.2. The lowest BCUT2D eigenvalue weighted by Gasteiger charge is -2.18. The number of aryl methyl sites for hydroxylation is 1. The zero-order valence-corrected chi connectivity index (χ0v) is 13.1. The molecule has 21 heavy (non-hydrogen) atoms. The molecule has 0 heterocycles. The monoisotopic (exact) mass is 295 g/mol. The minimum Gasteiger partial charge on any atom is -0.493 e. The average Bonchev–Trinajstić information content (AvgIpc) is 2.49. The molecule has 0 aliphatic carbocycles. The zero-order chi connectivity index (χ0) is 15.7. The fourth-order valence-corrected chi connectivity index (χ4v) is 1.91. The zero-order valence-electron chi connectivity index (χ0n) is 13.1. The summed E-state index contributed by atoms with van der Waals surface area (Å²) in [4.78, 5) is 13.6. The van der Waals surface area contributed by atoms with Gasteiger partial charge in [-0.3, -0.25) is 4.79 Å². The molecule has 0 radical (unpaired) electrons. The number of benzene rings is 1. The summed E-state index contributed by atoms with van der Waals surface area (Å²) in [5, 5.41) is 8.71. The number of rotatable bonds is 9. The van der Waals surface area contributed by atoms with E-state index in [1.165, 1.54) is 0 Å². The third kappa shape index (κ3) is 6.04. The van der Waals surface area contributed by atoms with Crippen molar-refractivity contribution in [3.05, 3.63) is 23.8 Å². The van der Waals surface area contributed by atoms with Crippen LogP contribution in [0, 0.1) is 6.92 Å². The highest BCUT2D eigenvalue weighted by Gasteiger charge is 2.11. The number of ether oxygens (including phenoxy) is 2. The Hall–Kier alpha value is -1.75. The first kappa shape index (κ1) is 17.3. The quantitative estimate of drug-likeness (QED) is 0.708. The van der Waals surface area contributed by atoms with Gasteiger partial charge in [0.05, 0.1) is 7.11 Å². The maximum Gasteiger partial charge on any atom is 0.260 e. The van der Waals surface area contributed by atoms with Crippen LogP contribution in [0.25, 0.3) is 0 Å². The van der Waals surface area contributed by atoms with Crippen molar-refractivity contribution in [2.24, 2.45) is 0 Å². The van der Waals surface area contributed by atoms with E-state index in [1.54, 1.807) is 19.1 Å². The molecular weight excluding hydrogens is 270 g/mol. The van der Waals surface area contributed by atoms with Crippen molar-refractivity contribution in [3.8, 4) is 11.5 Å². The largest absolute Gasteiger partial charge is 0.493 e. The van der Waals surface area contributed by atoms with Crippen LogP contribution in [-0.4, -0.2) is 49.8 Å². The molecule has 1 amide bonds. The highest BCUT2D eigenvalue weighted by atomic mass is 16.5. The highest BCUT2D eigenvalue weighted by Crippen LogP contribution is 2.27. The molecule has 5 nitrogen and oxygen atoms in total. The van der Waals surface area contributed by atoms with E-state index in [4.69, 9.17) is 14.6 Å². The number of aliphatic hydroxyl groups excluding tert-OH is 1. The summed E-state index contributed by atoms with van der Waals surface area (Å²) in [6.07, 6.45) is 2.58. The van der Waals surface area contributed by atoms with Gasteiger partial charge in [0.15, 0.2) is 18.1 Å². The maximum atomic E-state index is 12.0. The van der Waals surface area contributed by atoms with E-state index in [-0.39, 0.29) is 19.1 Å². The molecule has 0 atom stereocenters. The van der Waals surface area contributed by atoms with E-state index in [2.05, 4.69) is 0 Å². The van der Waals surface area contributed by atoms with Gasteiger partial charge in [-0.05, 0) is 43.9 Å². The van der Waals surface area contributed by atoms with Crippen molar-refractivity contribution in [1.29, 1.82) is 0 Å². The van der Waals surface area contributed by atoms with Crippen LogP contribution in [0.5, 0.6) is 11.5 Å². The summed E-state index contributed by atoms with van der Waals surface area (Å²) in [6.45, 7) is 2.84. The van der Waals surface area contributed by atoms with Crippen LogP contribution in [0.2, 0.25) is 0 Å². The normalized spacial score (nSPS) is 10.3. The Bertz CT molecular complexity index is 448. The van der Waals surface area contributed by atoms with E-state index in [0.29, 0.717) is 18.0 Å². The second kappa shape index (κ2) is 9.23. The van der Waals surface area contributed by atoms with Crippen LogP contribution in [0.15, 0.2) is 18.2 Å². The van der Waals surface area contributed by atoms with Gasteiger partial charge in [0.2, 0.25) is 0 Å². The third-order valence-corrected chi connectivity index (χ3v) is 3.25. The van der Waals surface area contributed by atoms with E-state index in [1.807, 2.05) is 25.1 Å². The van der Waals surface area contributed by atoms with Gasteiger partial charge >= 0.3 is 0 Å². The molecule has 0 fully saturated rings. The predicted molar refractivity (Wildman–Crippen MR) is 81.8 cm³/mol. The first-order valence-corrected chi connectivity index (χ1v) is 7.20. The number of likely N-dealkylation sites (N-methyl/N-ethyl adjacent to an activating group) is 1. The van der Waals surface area contributed by atoms with Gasteiger partial charge in [-0.15, -0.1) is 0 Å². The molecule has 0 aliphatic heterocycles. The molecule has 1 aromatic rings. The molecular formula is C16H25NO4. The Morgan fingerprint density at radius 1 is 1.24 bits per heavy atom. The topological polar surface area (TPSA) is 59.0 Å². The molecule has 0 saturated carbocycles. The van der Waals surface area contributed by atoms with E-state index in [0.717, 1.165) is 24.8 Å². The third-order valence-electron chi connectivity index (χ3n) is 3.25. The summed E-state index contributed by atoms with van der Waals surface area (Å²) in [6, 6.07) is 5.60. The van der Waals surface area contributed by atoms with Crippen LogP contribution in [0.1, 0.15) is 24.8 Å². The maximum absolute atomic E-state index is 12.0. The van der Waals surface area contributed by atoms with E-state index < -0.39 is 0 Å². The Balaban J connectivity index is 2.41. The Morgan fingerprint density at radius 2 is 2.00 bits per heavy atom. The van der Waals surface area contributed by atoms with Gasteiger partial charge in [0, 0.05) is 20.2 Å². The summed E-state index contributed by atoms with van der Waals surface area (Å²) in [5.74, 6) is 1.14. The summed E-state index contributed by atoms with van der Waals surface area (Å²) in [7, 11) is 3.34. The van der Waals surface area contributed by atoms with Crippen LogP contribution < -0.4 is 9.47 Å². The van der Waals surface area contributed by atoms with Gasteiger partial charge in [-0.1, -0.05) is 6.07 Å². The van der Waals surface area contributed by atoms with Crippen molar-refractivity contribution in [3.63, 3.8) is 0 Å². The van der Waals surface area contributed by atoms with E-state index in [9.17, 15) is 4.79 Å². The second-order valence-corrected chi connectivity index (χ2v) is 5.04. The van der Waals surface area contributed by atoms with Crippen molar-refractivity contribution in [2.75, 3.05) is 33.9 Å². The molecule has 0 unspecified atom stereocenters. The number of hydrogen-bond donors (Lipinski definition) is 1. The number of amides is 1. The second-order valence-electron chi connectivity index (χ2n) is 5.04. The van der Waals surface area contributed by atoms with Gasteiger partial charge in [0.25, 0.3) is 5.91 Å². The smallest absolute Gasteiger partial charge is 0.260 e. The van der Waals surface area contributed by atoms with Crippen LogP contribution in [0.4, 0.5) is 0 Å². The molecule has 0 saturated heterocycles. The molecule has 1 aromatic carbocycles.